The number of carbonyl (C=O) groups excluding carboxylic acids is 4. The second kappa shape index (κ2) is 16.6. The zero-order valence-electron chi connectivity index (χ0n) is 25.3. The van der Waals surface area contributed by atoms with E-state index in [0.29, 0.717) is 11.5 Å². The Kier molecular flexibility index (Phi) is 12.7. The third-order valence-corrected chi connectivity index (χ3v) is 6.82. The van der Waals surface area contributed by atoms with E-state index in [2.05, 4.69) is 20.7 Å². The van der Waals surface area contributed by atoms with Crippen LogP contribution in [0, 0.1) is 0 Å². The van der Waals surface area contributed by atoms with Gasteiger partial charge in [0.1, 0.15) is 17.1 Å². The van der Waals surface area contributed by atoms with Gasteiger partial charge in [-0.25, -0.2) is 4.79 Å². The first-order chi connectivity index (χ1) is 21.6. The summed E-state index contributed by atoms with van der Waals surface area (Å²) in [4.78, 5) is 47.0. The molecule has 2 atom stereocenters. The Morgan fingerprint density at radius 2 is 1.24 bits per heavy atom. The highest BCUT2D eigenvalue weighted by molar-refractivity contribution is 5.88. The van der Waals surface area contributed by atoms with Gasteiger partial charge in [0.15, 0.2) is 6.61 Å². The number of rotatable bonds is 16. The lowest BCUT2D eigenvalue weighted by atomic mass is 9.80. The topological polar surface area (TPSA) is 188 Å². The number of ether oxygens (including phenoxy) is 4. The van der Waals surface area contributed by atoms with Gasteiger partial charge in [0, 0.05) is 0 Å². The van der Waals surface area contributed by atoms with Crippen molar-refractivity contribution in [3.05, 3.63) is 95.6 Å². The Labute approximate surface area is 261 Å². The summed E-state index contributed by atoms with van der Waals surface area (Å²) in [5.41, 5.74) is 5.95. The summed E-state index contributed by atoms with van der Waals surface area (Å²) < 4.78 is 21.8. The Balaban J connectivity index is 1.81. The molecule has 0 saturated heterocycles. The van der Waals surface area contributed by atoms with Gasteiger partial charge >= 0.3 is 6.09 Å². The predicted octanol–water partition coefficient (Wildman–Crippen LogP) is 1.21. The molecule has 6 N–H and O–H groups in total. The maximum Gasteiger partial charge on any atom is 0.405 e. The van der Waals surface area contributed by atoms with Gasteiger partial charge < -0.3 is 45.7 Å². The molecule has 3 rings (SSSR count). The number of primary amides is 1. The number of benzene rings is 3. The Bertz CT molecular complexity index is 1370. The smallest absolute Gasteiger partial charge is 0.405 e. The number of methoxy groups -OCH3 is 2. The first-order valence-corrected chi connectivity index (χ1v) is 14.0. The average molecular weight is 623 g/mol. The van der Waals surface area contributed by atoms with Crippen LogP contribution in [-0.2, 0) is 29.5 Å². The van der Waals surface area contributed by atoms with E-state index in [1.807, 2.05) is 78.9 Å². The largest absolute Gasteiger partial charge is 0.497 e. The van der Waals surface area contributed by atoms with Crippen LogP contribution in [0.2, 0.25) is 0 Å². The van der Waals surface area contributed by atoms with Gasteiger partial charge in [-0.15, -0.1) is 0 Å². The fraction of sp³-hybridized carbons (Fsp3) is 0.312. The third-order valence-electron chi connectivity index (χ3n) is 6.82. The maximum absolute atomic E-state index is 12.8. The molecule has 3 aromatic carbocycles. The van der Waals surface area contributed by atoms with Gasteiger partial charge in [-0.1, -0.05) is 54.6 Å². The summed E-state index contributed by atoms with van der Waals surface area (Å²) in [6.45, 7) is -0.143. The lowest BCUT2D eigenvalue weighted by Crippen LogP contribution is -2.51. The van der Waals surface area contributed by atoms with Crippen molar-refractivity contribution in [1.29, 1.82) is 0 Å². The summed E-state index contributed by atoms with van der Waals surface area (Å²) in [7, 11) is 3.16. The Morgan fingerprint density at radius 1 is 0.756 bits per heavy atom. The van der Waals surface area contributed by atoms with Crippen LogP contribution in [-0.4, -0.2) is 81.6 Å². The van der Waals surface area contributed by atoms with E-state index in [-0.39, 0.29) is 6.61 Å². The van der Waals surface area contributed by atoms with Gasteiger partial charge in [0.25, 0.3) is 5.91 Å². The predicted molar refractivity (Wildman–Crippen MR) is 163 cm³/mol. The molecule has 240 valence electrons. The van der Waals surface area contributed by atoms with Gasteiger partial charge in [0.2, 0.25) is 11.8 Å². The van der Waals surface area contributed by atoms with Gasteiger partial charge in [-0.2, -0.15) is 0 Å². The number of hydrogen-bond acceptors (Lipinski definition) is 9. The molecular weight excluding hydrogens is 584 g/mol. The summed E-state index contributed by atoms with van der Waals surface area (Å²) >= 11 is 0. The Morgan fingerprint density at radius 3 is 1.73 bits per heavy atom. The van der Waals surface area contributed by atoms with Gasteiger partial charge in [-0.3, -0.25) is 14.4 Å². The fourth-order valence-corrected chi connectivity index (χ4v) is 4.46. The highest BCUT2D eigenvalue weighted by Gasteiger charge is 2.39. The van der Waals surface area contributed by atoms with Crippen LogP contribution in [0.1, 0.15) is 23.6 Å². The van der Waals surface area contributed by atoms with Crippen LogP contribution in [0.15, 0.2) is 78.9 Å². The van der Waals surface area contributed by atoms with E-state index in [4.69, 9.17) is 19.9 Å². The minimum Gasteiger partial charge on any atom is -0.497 e. The standard InChI is InChI=1S/C32H38N4O9/c1-21(37)27(36-29(39)18-34-28(38)17-35-30(40)20-44-31(33)41)19-45-32(22-7-5-4-6-8-22,23-9-13-25(42-2)14-10-23)24-11-15-26(43-3)16-12-24/h4-16,21,27,37H,17-20H2,1-3H3,(H2,33,41)(H,34,38)(H,35,40)(H,36,39)/t21-,27-/m1/s1. The molecule has 0 bridgehead atoms. The van der Waals surface area contributed by atoms with Crippen molar-refractivity contribution in [3.8, 4) is 11.5 Å². The van der Waals surface area contributed by atoms with E-state index in [1.165, 1.54) is 6.92 Å². The molecule has 0 radical (unpaired) electrons. The molecule has 13 heteroatoms. The molecule has 0 heterocycles. The lowest BCUT2D eigenvalue weighted by Gasteiger charge is -2.37. The maximum atomic E-state index is 12.8. The molecule has 0 aromatic heterocycles. The highest BCUT2D eigenvalue weighted by atomic mass is 16.5. The minimum atomic E-state index is -1.18. The monoisotopic (exact) mass is 622 g/mol. The zero-order chi connectivity index (χ0) is 32.8. The van der Waals surface area contributed by atoms with E-state index in [9.17, 15) is 24.3 Å². The third kappa shape index (κ3) is 9.68. The number of nitrogens with one attached hydrogen (secondary N) is 3. The molecule has 0 saturated carbocycles. The fourth-order valence-electron chi connectivity index (χ4n) is 4.46. The number of carbonyl (C=O) groups is 4. The van der Waals surface area contributed by atoms with Crippen molar-refractivity contribution in [2.45, 2.75) is 24.7 Å². The molecule has 0 aliphatic rings. The molecule has 0 unspecified atom stereocenters. The summed E-state index contributed by atoms with van der Waals surface area (Å²) in [5.74, 6) is -0.685. The van der Waals surface area contributed by atoms with Crippen LogP contribution < -0.4 is 31.2 Å². The first kappa shape index (κ1) is 34.4. The summed E-state index contributed by atoms with van der Waals surface area (Å²) in [6, 6.07) is 23.5. The minimum absolute atomic E-state index is 0.125. The van der Waals surface area contributed by atoms with Crippen molar-refractivity contribution >= 4 is 23.8 Å². The highest BCUT2D eigenvalue weighted by Crippen LogP contribution is 2.41. The molecule has 0 fully saturated rings. The molecule has 0 spiro atoms. The van der Waals surface area contributed by atoms with Gasteiger partial charge in [0.05, 0.1) is 46.1 Å². The van der Waals surface area contributed by atoms with Crippen LogP contribution >= 0.6 is 0 Å². The summed E-state index contributed by atoms with van der Waals surface area (Å²) in [5, 5.41) is 17.9. The van der Waals surface area contributed by atoms with E-state index >= 15 is 0 Å². The van der Waals surface area contributed by atoms with Crippen molar-refractivity contribution in [2.24, 2.45) is 5.73 Å². The van der Waals surface area contributed by atoms with Crippen LogP contribution in [0.25, 0.3) is 0 Å². The molecule has 4 amide bonds. The van der Waals surface area contributed by atoms with Crippen LogP contribution in [0.3, 0.4) is 0 Å². The van der Waals surface area contributed by atoms with Crippen molar-refractivity contribution in [1.82, 2.24) is 16.0 Å². The molecule has 0 aliphatic carbocycles. The number of amides is 4. The van der Waals surface area contributed by atoms with Crippen molar-refractivity contribution in [2.75, 3.05) is 40.5 Å². The molecule has 3 aromatic rings. The number of aliphatic hydroxyl groups excluding tert-OH is 1. The summed E-state index contributed by atoms with van der Waals surface area (Å²) in [6.07, 6.45) is -2.16. The number of nitrogens with two attached hydrogens (primary N) is 1. The van der Waals surface area contributed by atoms with Crippen LogP contribution in [0.4, 0.5) is 4.79 Å². The van der Waals surface area contributed by atoms with Crippen molar-refractivity contribution < 1.29 is 43.2 Å². The SMILES string of the molecule is COc1ccc(C(OC[C@@H](NC(=O)CNC(=O)CNC(=O)COC(N)=O)[C@@H](C)O)(c2ccccc2)c2ccc(OC)cc2)cc1. The Hall–Kier alpha value is -5.14. The molecular formula is C32H38N4O9. The normalized spacial score (nSPS) is 12.3. The number of aliphatic hydroxyl groups is 1. The number of hydrogen-bond donors (Lipinski definition) is 5. The lowest BCUT2D eigenvalue weighted by molar-refractivity contribution is -0.129. The van der Waals surface area contributed by atoms with Gasteiger partial charge in [-0.05, 0) is 47.9 Å². The van der Waals surface area contributed by atoms with E-state index in [1.54, 1.807) is 14.2 Å². The second-order valence-electron chi connectivity index (χ2n) is 9.89. The molecule has 0 aliphatic heterocycles. The molecule has 45 heavy (non-hydrogen) atoms. The molecule has 13 nitrogen and oxygen atoms in total. The average Bonchev–Trinajstić information content (AvgIpc) is 3.06. The van der Waals surface area contributed by atoms with E-state index < -0.39 is 61.3 Å². The van der Waals surface area contributed by atoms with Crippen LogP contribution in [0.5, 0.6) is 11.5 Å². The zero-order valence-corrected chi connectivity index (χ0v) is 25.3. The first-order valence-electron chi connectivity index (χ1n) is 14.0. The second-order valence-corrected chi connectivity index (χ2v) is 9.89. The van der Waals surface area contributed by atoms with E-state index in [0.717, 1.165) is 16.7 Å². The quantitative estimate of drug-likeness (QED) is 0.146. The van der Waals surface area contributed by atoms with Crippen molar-refractivity contribution in [3.63, 3.8) is 0 Å².